The van der Waals surface area contributed by atoms with E-state index < -0.39 is 0 Å². The van der Waals surface area contributed by atoms with Crippen LogP contribution in [0.25, 0.3) is 88.2 Å². The van der Waals surface area contributed by atoms with E-state index in [1.807, 2.05) is 12.1 Å². The van der Waals surface area contributed by atoms with Gasteiger partial charge >= 0.3 is 0 Å². The zero-order chi connectivity index (χ0) is 30.2. The van der Waals surface area contributed by atoms with Crippen molar-refractivity contribution in [1.29, 1.82) is 0 Å². The minimum absolute atomic E-state index is 0.818. The first-order valence-electron chi connectivity index (χ1n) is 15.6. The molecular weight excluding hydrogens is 560 g/mol. The van der Waals surface area contributed by atoms with Crippen LogP contribution in [0.3, 0.4) is 0 Å². The molecule has 0 saturated heterocycles. The van der Waals surface area contributed by atoms with E-state index in [0.717, 1.165) is 55.7 Å². The van der Waals surface area contributed by atoms with Gasteiger partial charge in [0.1, 0.15) is 5.69 Å². The Labute approximate surface area is 264 Å². The van der Waals surface area contributed by atoms with Crippen molar-refractivity contribution in [3.8, 4) is 22.8 Å². The van der Waals surface area contributed by atoms with Crippen LogP contribution in [-0.4, -0.2) is 19.1 Å². The Morgan fingerprint density at radius 1 is 0.370 bits per heavy atom. The lowest BCUT2D eigenvalue weighted by Crippen LogP contribution is -2.05. The summed E-state index contributed by atoms with van der Waals surface area (Å²) >= 11 is 0. The summed E-state index contributed by atoms with van der Waals surface area (Å²) in [4.78, 5) is 10.8. The fourth-order valence-electron chi connectivity index (χ4n) is 7.33. The Morgan fingerprint density at radius 3 is 1.65 bits per heavy atom. The number of aromatic nitrogens is 4. The highest BCUT2D eigenvalue weighted by atomic mass is 15.1. The third kappa shape index (κ3) is 3.49. The molecule has 10 rings (SSSR count). The lowest BCUT2D eigenvalue weighted by atomic mass is 10.0. The van der Waals surface area contributed by atoms with Crippen LogP contribution in [0.5, 0.6) is 0 Å². The third-order valence-corrected chi connectivity index (χ3v) is 9.29. The lowest BCUT2D eigenvalue weighted by molar-refractivity contribution is 1.08. The standard InChI is InChI=1S/C42H26N4/c1-2-15-28(16-3-1)45-37-23-10-6-18-30(37)33-25-26-34-31-19-7-11-24-38(31)46(41(34)40(33)45)42-39(43-35-21-8-9-22-36(35)44-42)32-20-12-14-27-13-4-5-17-29(27)32/h1-26H. The number of hydrogen-bond acceptors (Lipinski definition) is 2. The summed E-state index contributed by atoms with van der Waals surface area (Å²) in [5.74, 6) is 0.818. The van der Waals surface area contributed by atoms with E-state index in [0.29, 0.717) is 0 Å². The summed E-state index contributed by atoms with van der Waals surface area (Å²) in [6.45, 7) is 0. The molecule has 4 nitrogen and oxygen atoms in total. The molecule has 0 atom stereocenters. The molecule has 4 heteroatoms. The Kier molecular flexibility index (Phi) is 5.25. The van der Waals surface area contributed by atoms with Crippen LogP contribution in [0.4, 0.5) is 0 Å². The van der Waals surface area contributed by atoms with E-state index in [1.165, 1.54) is 32.4 Å². The summed E-state index contributed by atoms with van der Waals surface area (Å²) in [6.07, 6.45) is 0. The van der Waals surface area contributed by atoms with Crippen LogP contribution < -0.4 is 0 Å². The largest absolute Gasteiger partial charge is 0.307 e. The van der Waals surface area contributed by atoms with Gasteiger partial charge in [-0.05, 0) is 47.2 Å². The van der Waals surface area contributed by atoms with Gasteiger partial charge < -0.3 is 4.57 Å². The summed E-state index contributed by atoms with van der Waals surface area (Å²) in [6, 6.07) is 55.8. The smallest absolute Gasteiger partial charge is 0.165 e. The zero-order valence-corrected chi connectivity index (χ0v) is 24.8. The number of para-hydroxylation sites is 5. The SMILES string of the molecule is c1ccc(-n2c3ccccc3c3ccc4c5ccccc5n(-c5nc6ccccc6nc5-c5cccc6ccccc56)c4c32)cc1. The predicted octanol–water partition coefficient (Wildman–Crippen LogP) is 10.6. The van der Waals surface area contributed by atoms with Gasteiger partial charge in [-0.25, -0.2) is 9.97 Å². The molecule has 0 unspecified atom stereocenters. The van der Waals surface area contributed by atoms with Gasteiger partial charge in [-0.1, -0.05) is 121 Å². The Morgan fingerprint density at radius 2 is 0.913 bits per heavy atom. The second kappa shape index (κ2) is 9.62. The van der Waals surface area contributed by atoms with Crippen molar-refractivity contribution in [3.05, 3.63) is 158 Å². The molecule has 0 fully saturated rings. The Hall–Kier alpha value is -6.26. The van der Waals surface area contributed by atoms with E-state index in [9.17, 15) is 0 Å². The molecule has 0 spiro atoms. The van der Waals surface area contributed by atoms with Crippen molar-refractivity contribution in [2.75, 3.05) is 0 Å². The van der Waals surface area contributed by atoms with Crippen molar-refractivity contribution in [1.82, 2.24) is 19.1 Å². The molecule has 10 aromatic rings. The van der Waals surface area contributed by atoms with E-state index in [-0.39, 0.29) is 0 Å². The van der Waals surface area contributed by atoms with Crippen molar-refractivity contribution in [2.45, 2.75) is 0 Å². The fraction of sp³-hybridized carbons (Fsp3) is 0. The summed E-state index contributed by atoms with van der Waals surface area (Å²) in [7, 11) is 0. The Balaban J connectivity index is 1.46. The molecule has 3 aromatic heterocycles. The first kappa shape index (κ1) is 25.1. The first-order chi connectivity index (χ1) is 22.8. The maximum Gasteiger partial charge on any atom is 0.165 e. The molecule has 3 heterocycles. The number of rotatable bonds is 3. The van der Waals surface area contributed by atoms with Crippen molar-refractivity contribution < 1.29 is 0 Å². The fourth-order valence-corrected chi connectivity index (χ4v) is 7.33. The van der Waals surface area contributed by atoms with Gasteiger partial charge in [0.25, 0.3) is 0 Å². The van der Waals surface area contributed by atoms with Gasteiger partial charge in [-0.3, -0.25) is 4.57 Å². The number of nitrogens with zero attached hydrogens (tertiary/aromatic N) is 4. The maximum absolute atomic E-state index is 5.46. The quantitative estimate of drug-likeness (QED) is 0.206. The normalized spacial score (nSPS) is 11.9. The summed E-state index contributed by atoms with van der Waals surface area (Å²) in [5.41, 5.74) is 9.32. The second-order valence-corrected chi connectivity index (χ2v) is 11.8. The Bertz CT molecular complexity index is 2800. The van der Waals surface area contributed by atoms with Gasteiger partial charge in [0.2, 0.25) is 0 Å². The molecule has 0 N–H and O–H groups in total. The minimum atomic E-state index is 0.818. The van der Waals surface area contributed by atoms with Crippen molar-refractivity contribution in [2.24, 2.45) is 0 Å². The van der Waals surface area contributed by atoms with Gasteiger partial charge in [-0.2, -0.15) is 0 Å². The molecule has 0 radical (unpaired) electrons. The average Bonchev–Trinajstić information content (AvgIpc) is 3.64. The number of hydrogen-bond donors (Lipinski definition) is 0. The molecular formula is C42H26N4. The van der Waals surface area contributed by atoms with Crippen LogP contribution in [0.1, 0.15) is 0 Å². The molecule has 0 saturated carbocycles. The number of benzene rings is 7. The molecule has 0 aliphatic rings. The first-order valence-corrected chi connectivity index (χ1v) is 15.6. The summed E-state index contributed by atoms with van der Waals surface area (Å²) in [5, 5.41) is 7.12. The molecule has 0 amide bonds. The van der Waals surface area contributed by atoms with Crippen LogP contribution in [-0.2, 0) is 0 Å². The third-order valence-electron chi connectivity index (χ3n) is 9.29. The molecule has 46 heavy (non-hydrogen) atoms. The van der Waals surface area contributed by atoms with Crippen LogP contribution >= 0.6 is 0 Å². The molecule has 0 bridgehead atoms. The van der Waals surface area contributed by atoms with Gasteiger partial charge in [-0.15, -0.1) is 0 Å². The van der Waals surface area contributed by atoms with Gasteiger partial charge in [0.05, 0.1) is 33.1 Å². The predicted molar refractivity (Wildman–Crippen MR) is 191 cm³/mol. The highest BCUT2D eigenvalue weighted by Gasteiger charge is 2.24. The van der Waals surface area contributed by atoms with Crippen molar-refractivity contribution >= 4 is 65.4 Å². The van der Waals surface area contributed by atoms with E-state index in [2.05, 4.69) is 155 Å². The molecule has 7 aromatic carbocycles. The highest BCUT2D eigenvalue weighted by molar-refractivity contribution is 6.24. The minimum Gasteiger partial charge on any atom is -0.307 e. The van der Waals surface area contributed by atoms with Crippen LogP contribution in [0.15, 0.2) is 158 Å². The van der Waals surface area contributed by atoms with Crippen molar-refractivity contribution in [3.63, 3.8) is 0 Å². The van der Waals surface area contributed by atoms with Gasteiger partial charge in [0.15, 0.2) is 5.82 Å². The van der Waals surface area contributed by atoms with E-state index in [1.54, 1.807) is 0 Å². The zero-order valence-electron chi connectivity index (χ0n) is 24.8. The average molecular weight is 587 g/mol. The lowest BCUT2D eigenvalue weighted by Gasteiger charge is -2.16. The topological polar surface area (TPSA) is 35.6 Å². The van der Waals surface area contributed by atoms with Crippen LogP contribution in [0.2, 0.25) is 0 Å². The maximum atomic E-state index is 5.46. The molecule has 214 valence electrons. The second-order valence-electron chi connectivity index (χ2n) is 11.8. The van der Waals surface area contributed by atoms with Crippen LogP contribution in [0, 0.1) is 0 Å². The summed E-state index contributed by atoms with van der Waals surface area (Å²) < 4.78 is 4.77. The molecule has 0 aliphatic carbocycles. The van der Waals surface area contributed by atoms with E-state index >= 15 is 0 Å². The number of fused-ring (bicyclic) bond motifs is 9. The van der Waals surface area contributed by atoms with Gasteiger partial charge in [0, 0.05) is 32.8 Å². The highest BCUT2D eigenvalue weighted by Crippen LogP contribution is 2.43. The molecule has 0 aliphatic heterocycles. The van der Waals surface area contributed by atoms with E-state index in [4.69, 9.17) is 9.97 Å². The monoisotopic (exact) mass is 586 g/mol.